The summed E-state index contributed by atoms with van der Waals surface area (Å²) in [5.41, 5.74) is 2.79. The quantitative estimate of drug-likeness (QED) is 0.560. The maximum atomic E-state index is 12.2. The van der Waals surface area contributed by atoms with Crippen LogP contribution in [0.25, 0.3) is 0 Å². The van der Waals surface area contributed by atoms with E-state index in [1.54, 1.807) is 0 Å². The fourth-order valence-corrected chi connectivity index (χ4v) is 1.00. The minimum absolute atomic E-state index is 0.0192. The number of benzene rings is 1. The van der Waals surface area contributed by atoms with E-state index in [1.165, 1.54) is 0 Å². The molecule has 88 valence electrons. The molecule has 0 aliphatic rings. The molecule has 2 nitrogen and oxygen atoms in total. The van der Waals surface area contributed by atoms with Gasteiger partial charge in [-0.05, 0) is 18.2 Å². The first-order valence-corrected chi connectivity index (χ1v) is 3.81. The first-order valence-electron chi connectivity index (χ1n) is 3.81. The molecule has 0 fully saturated rings. The molecule has 0 aliphatic heterocycles. The summed E-state index contributed by atoms with van der Waals surface area (Å²) in [4.78, 5) is 0. The van der Waals surface area contributed by atoms with E-state index in [2.05, 4.69) is 5.11 Å². The Balaban J connectivity index is 3.39. The Morgan fingerprint density at radius 3 is 1.44 bits per heavy atom. The van der Waals surface area contributed by atoms with Crippen LogP contribution in [0.5, 0.6) is 0 Å². The van der Waals surface area contributed by atoms with E-state index < -0.39 is 29.2 Å². The van der Waals surface area contributed by atoms with Crippen molar-refractivity contribution in [2.45, 2.75) is 12.4 Å². The molecule has 0 aromatic heterocycles. The van der Waals surface area contributed by atoms with Crippen molar-refractivity contribution in [1.82, 2.24) is 0 Å². The highest BCUT2D eigenvalue weighted by Crippen LogP contribution is 2.37. The molecule has 0 amide bonds. The van der Waals surface area contributed by atoms with Crippen LogP contribution in [0.4, 0.5) is 32.0 Å². The number of nitrogens with one attached hydrogen (secondary N) is 1. The minimum Gasteiger partial charge on any atom is -0.204 e. The van der Waals surface area contributed by atoms with Gasteiger partial charge in [-0.2, -0.15) is 31.5 Å². The van der Waals surface area contributed by atoms with Crippen LogP contribution in [0.2, 0.25) is 0 Å². The summed E-state index contributed by atoms with van der Waals surface area (Å²) in [5, 5.41) is 2.57. The Morgan fingerprint density at radius 2 is 1.19 bits per heavy atom. The minimum atomic E-state index is -4.90. The van der Waals surface area contributed by atoms with Gasteiger partial charge < -0.3 is 0 Å². The molecule has 0 atom stereocenters. The standard InChI is InChI=1S/C8H4F6N2/c9-7(10,11)4-1-5(8(12,13)14)3-6(2-4)16-15/h1-3,15H. The Morgan fingerprint density at radius 1 is 0.812 bits per heavy atom. The van der Waals surface area contributed by atoms with Crippen LogP contribution in [0, 0.1) is 5.53 Å². The average Bonchev–Trinajstić information content (AvgIpc) is 2.14. The molecule has 0 heterocycles. The average molecular weight is 242 g/mol. The Hall–Kier alpha value is -1.60. The summed E-state index contributed by atoms with van der Waals surface area (Å²) in [6.45, 7) is 0. The van der Waals surface area contributed by atoms with Gasteiger partial charge in [0.15, 0.2) is 0 Å². The SMILES string of the molecule is N=Nc1cc(C(F)(F)F)cc(C(F)(F)F)c1. The lowest BCUT2D eigenvalue weighted by molar-refractivity contribution is -0.143. The van der Waals surface area contributed by atoms with Crippen LogP contribution in [-0.4, -0.2) is 0 Å². The van der Waals surface area contributed by atoms with E-state index in [1.807, 2.05) is 0 Å². The molecule has 0 saturated heterocycles. The highest BCUT2D eigenvalue weighted by molar-refractivity contribution is 5.45. The second-order valence-corrected chi connectivity index (χ2v) is 2.88. The van der Waals surface area contributed by atoms with E-state index in [-0.39, 0.29) is 6.07 Å². The van der Waals surface area contributed by atoms with Crippen LogP contribution in [0.15, 0.2) is 23.3 Å². The zero-order chi connectivity index (χ0) is 12.6. The van der Waals surface area contributed by atoms with Crippen molar-refractivity contribution >= 4 is 5.69 Å². The summed E-state index contributed by atoms with van der Waals surface area (Å²) >= 11 is 0. The van der Waals surface area contributed by atoms with Crippen LogP contribution in [-0.2, 0) is 12.4 Å². The van der Waals surface area contributed by atoms with Gasteiger partial charge in [-0.25, -0.2) is 5.53 Å². The molecule has 0 saturated carbocycles. The lowest BCUT2D eigenvalue weighted by atomic mass is 10.1. The van der Waals surface area contributed by atoms with Crippen molar-refractivity contribution < 1.29 is 26.3 Å². The summed E-state index contributed by atoms with van der Waals surface area (Å²) in [6, 6.07) is 0.735. The van der Waals surface area contributed by atoms with Crippen molar-refractivity contribution in [2.24, 2.45) is 5.11 Å². The van der Waals surface area contributed by atoms with Crippen molar-refractivity contribution in [1.29, 1.82) is 5.53 Å². The molecule has 8 heteroatoms. The van der Waals surface area contributed by atoms with Crippen molar-refractivity contribution in [3.05, 3.63) is 29.3 Å². The summed E-state index contributed by atoms with van der Waals surface area (Å²) in [5.74, 6) is 0. The van der Waals surface area contributed by atoms with E-state index in [4.69, 9.17) is 5.53 Å². The van der Waals surface area contributed by atoms with Gasteiger partial charge in [0.05, 0.1) is 16.8 Å². The normalized spacial score (nSPS) is 12.6. The van der Waals surface area contributed by atoms with Gasteiger partial charge in [-0.3, -0.25) is 0 Å². The largest absolute Gasteiger partial charge is 0.416 e. The molecule has 16 heavy (non-hydrogen) atoms. The molecular formula is C8H4F6N2. The number of halogens is 6. The highest BCUT2D eigenvalue weighted by atomic mass is 19.4. The summed E-state index contributed by atoms with van der Waals surface area (Å²) in [6.07, 6.45) is -9.80. The smallest absolute Gasteiger partial charge is 0.204 e. The second kappa shape index (κ2) is 3.76. The van der Waals surface area contributed by atoms with Gasteiger partial charge in [0.2, 0.25) is 0 Å². The van der Waals surface area contributed by atoms with Crippen LogP contribution < -0.4 is 0 Å². The number of nitrogens with zero attached hydrogens (tertiary/aromatic N) is 1. The van der Waals surface area contributed by atoms with E-state index in [0.717, 1.165) is 0 Å². The molecule has 0 bridgehead atoms. The van der Waals surface area contributed by atoms with E-state index in [9.17, 15) is 26.3 Å². The maximum absolute atomic E-state index is 12.2. The third-order valence-corrected chi connectivity index (χ3v) is 1.70. The number of alkyl halides is 6. The fourth-order valence-electron chi connectivity index (χ4n) is 1.00. The zero-order valence-corrected chi connectivity index (χ0v) is 7.45. The molecule has 0 radical (unpaired) electrons. The maximum Gasteiger partial charge on any atom is 0.416 e. The Labute approximate surface area is 85.4 Å². The van der Waals surface area contributed by atoms with Crippen LogP contribution in [0.1, 0.15) is 11.1 Å². The molecule has 0 aliphatic carbocycles. The molecule has 1 N–H and O–H groups in total. The van der Waals surface area contributed by atoms with Gasteiger partial charge >= 0.3 is 12.4 Å². The predicted molar refractivity (Wildman–Crippen MR) is 41.3 cm³/mol. The third kappa shape index (κ3) is 2.71. The molecule has 1 aromatic carbocycles. The number of hydrogen-bond acceptors (Lipinski definition) is 2. The van der Waals surface area contributed by atoms with Gasteiger partial charge in [0.25, 0.3) is 0 Å². The second-order valence-electron chi connectivity index (χ2n) is 2.88. The molecular weight excluding hydrogens is 238 g/mol. The zero-order valence-electron chi connectivity index (χ0n) is 7.45. The fraction of sp³-hybridized carbons (Fsp3) is 0.250. The molecule has 0 spiro atoms. The molecule has 0 unspecified atom stereocenters. The first-order chi connectivity index (χ1) is 7.14. The van der Waals surface area contributed by atoms with Crippen LogP contribution >= 0.6 is 0 Å². The Kier molecular flexibility index (Phi) is 2.93. The van der Waals surface area contributed by atoms with E-state index >= 15 is 0 Å². The lowest BCUT2D eigenvalue weighted by Crippen LogP contribution is -2.10. The summed E-state index contributed by atoms with van der Waals surface area (Å²) in [7, 11) is 0. The van der Waals surface area contributed by atoms with Gasteiger partial charge in [0.1, 0.15) is 0 Å². The van der Waals surface area contributed by atoms with E-state index in [0.29, 0.717) is 12.1 Å². The first kappa shape index (κ1) is 12.5. The highest BCUT2D eigenvalue weighted by Gasteiger charge is 2.36. The Bertz CT molecular complexity index is 374. The van der Waals surface area contributed by atoms with Gasteiger partial charge in [-0.1, -0.05) is 0 Å². The lowest BCUT2D eigenvalue weighted by Gasteiger charge is -2.11. The van der Waals surface area contributed by atoms with Gasteiger partial charge in [0, 0.05) is 0 Å². The molecule has 1 aromatic rings. The van der Waals surface area contributed by atoms with Crippen molar-refractivity contribution in [3.63, 3.8) is 0 Å². The third-order valence-electron chi connectivity index (χ3n) is 1.70. The number of rotatable bonds is 1. The number of hydrogen-bond donors (Lipinski definition) is 1. The van der Waals surface area contributed by atoms with Crippen LogP contribution in [0.3, 0.4) is 0 Å². The van der Waals surface area contributed by atoms with Crippen molar-refractivity contribution in [3.8, 4) is 0 Å². The predicted octanol–water partition coefficient (Wildman–Crippen LogP) is 4.39. The summed E-state index contributed by atoms with van der Waals surface area (Å²) < 4.78 is 73.2. The monoisotopic (exact) mass is 242 g/mol. The topological polar surface area (TPSA) is 36.2 Å². The van der Waals surface area contributed by atoms with Crippen molar-refractivity contribution in [2.75, 3.05) is 0 Å². The molecule has 1 rings (SSSR count). The van der Waals surface area contributed by atoms with Gasteiger partial charge in [-0.15, -0.1) is 0 Å².